The van der Waals surface area contributed by atoms with Gasteiger partial charge >= 0.3 is 6.09 Å². The second-order valence-electron chi connectivity index (χ2n) is 10.3. The van der Waals surface area contributed by atoms with Gasteiger partial charge in [0.15, 0.2) is 0 Å². The van der Waals surface area contributed by atoms with E-state index >= 15 is 0 Å². The van der Waals surface area contributed by atoms with Crippen LogP contribution in [0.4, 0.5) is 4.79 Å². The Labute approximate surface area is 200 Å². The minimum absolute atomic E-state index is 0.234. The quantitative estimate of drug-likeness (QED) is 0.492. The molecule has 0 radical (unpaired) electrons. The zero-order valence-corrected chi connectivity index (χ0v) is 21.1. The number of hydrogen-bond acceptors (Lipinski definition) is 5. The van der Waals surface area contributed by atoms with Crippen LogP contribution in [0.5, 0.6) is 0 Å². The summed E-state index contributed by atoms with van der Waals surface area (Å²) in [7, 11) is 1.79. The van der Waals surface area contributed by atoms with E-state index in [1.54, 1.807) is 7.11 Å². The SMILES string of the molecule is COC[C@@H]1CCCN1NC1=C(CCCN(Cc2ccccc2)C(=O)OC(C)(C)C)CCCC1. The predicted molar refractivity (Wildman–Crippen MR) is 133 cm³/mol. The number of carbonyl (C=O) groups is 1. The summed E-state index contributed by atoms with van der Waals surface area (Å²) >= 11 is 0. The van der Waals surface area contributed by atoms with Crippen LogP contribution in [0.1, 0.15) is 77.7 Å². The van der Waals surface area contributed by atoms with Crippen molar-refractivity contribution in [3.8, 4) is 0 Å². The minimum atomic E-state index is -0.497. The number of hydrazine groups is 1. The normalized spacial score (nSPS) is 19.6. The fraction of sp³-hybridized carbons (Fsp3) is 0.667. The van der Waals surface area contributed by atoms with E-state index in [2.05, 4.69) is 22.6 Å². The summed E-state index contributed by atoms with van der Waals surface area (Å²) in [6.07, 6.45) is 8.88. The molecule has 6 nitrogen and oxygen atoms in total. The Morgan fingerprint density at radius 3 is 2.64 bits per heavy atom. The maximum Gasteiger partial charge on any atom is 0.410 e. The molecule has 0 saturated carbocycles. The Hall–Kier alpha value is -2.05. The minimum Gasteiger partial charge on any atom is -0.444 e. The van der Waals surface area contributed by atoms with Crippen LogP contribution in [0.25, 0.3) is 0 Å². The van der Waals surface area contributed by atoms with E-state index in [1.165, 1.54) is 37.0 Å². The van der Waals surface area contributed by atoms with E-state index in [0.29, 0.717) is 19.1 Å². The Kier molecular flexibility index (Phi) is 9.63. The van der Waals surface area contributed by atoms with Gasteiger partial charge in [-0.15, -0.1) is 0 Å². The average Bonchev–Trinajstić information content (AvgIpc) is 3.20. The molecule has 0 bridgehead atoms. The van der Waals surface area contributed by atoms with Crippen LogP contribution in [0.3, 0.4) is 0 Å². The second kappa shape index (κ2) is 12.4. The summed E-state index contributed by atoms with van der Waals surface area (Å²) in [6.45, 7) is 8.89. The smallest absolute Gasteiger partial charge is 0.410 e. The highest BCUT2D eigenvalue weighted by molar-refractivity contribution is 5.68. The molecule has 1 aromatic carbocycles. The lowest BCUT2D eigenvalue weighted by molar-refractivity contribution is 0.0231. The molecule has 0 aromatic heterocycles. The number of rotatable bonds is 10. The van der Waals surface area contributed by atoms with Gasteiger partial charge in [0.1, 0.15) is 5.60 Å². The van der Waals surface area contributed by atoms with Gasteiger partial charge < -0.3 is 19.8 Å². The van der Waals surface area contributed by atoms with Crippen LogP contribution in [0.2, 0.25) is 0 Å². The summed E-state index contributed by atoms with van der Waals surface area (Å²) in [6, 6.07) is 10.6. The van der Waals surface area contributed by atoms with Gasteiger partial charge in [0, 0.05) is 32.4 Å². The van der Waals surface area contributed by atoms with Crippen molar-refractivity contribution in [2.45, 2.75) is 90.3 Å². The van der Waals surface area contributed by atoms with Crippen molar-refractivity contribution < 1.29 is 14.3 Å². The first kappa shape index (κ1) is 25.6. The van der Waals surface area contributed by atoms with Gasteiger partial charge in [-0.1, -0.05) is 30.3 Å². The number of amides is 1. The van der Waals surface area contributed by atoms with Crippen LogP contribution in [0.15, 0.2) is 41.6 Å². The number of nitrogens with zero attached hydrogens (tertiary/aromatic N) is 2. The first-order chi connectivity index (χ1) is 15.9. The zero-order valence-electron chi connectivity index (χ0n) is 21.1. The van der Waals surface area contributed by atoms with Crippen molar-refractivity contribution in [2.75, 3.05) is 26.8 Å². The molecule has 1 N–H and O–H groups in total. The molecule has 33 heavy (non-hydrogen) atoms. The summed E-state index contributed by atoms with van der Waals surface area (Å²) in [5.74, 6) is 0. The van der Waals surface area contributed by atoms with Gasteiger partial charge in [-0.25, -0.2) is 9.80 Å². The van der Waals surface area contributed by atoms with Crippen molar-refractivity contribution in [2.24, 2.45) is 0 Å². The van der Waals surface area contributed by atoms with Crippen LogP contribution in [-0.4, -0.2) is 54.5 Å². The fourth-order valence-corrected chi connectivity index (χ4v) is 4.75. The summed E-state index contributed by atoms with van der Waals surface area (Å²) < 4.78 is 11.1. The van der Waals surface area contributed by atoms with Crippen LogP contribution in [0, 0.1) is 0 Å². The van der Waals surface area contributed by atoms with Crippen LogP contribution >= 0.6 is 0 Å². The first-order valence-electron chi connectivity index (χ1n) is 12.6. The van der Waals surface area contributed by atoms with Crippen molar-refractivity contribution in [3.05, 3.63) is 47.2 Å². The van der Waals surface area contributed by atoms with E-state index in [4.69, 9.17) is 9.47 Å². The molecule has 6 heteroatoms. The molecule has 1 amide bonds. The Morgan fingerprint density at radius 2 is 1.91 bits per heavy atom. The Bertz CT molecular complexity index is 773. The van der Waals surface area contributed by atoms with Gasteiger partial charge in [-0.3, -0.25) is 0 Å². The molecule has 1 aromatic rings. The predicted octanol–water partition coefficient (Wildman–Crippen LogP) is 5.65. The number of methoxy groups -OCH3 is 1. The van der Waals surface area contributed by atoms with Crippen LogP contribution in [-0.2, 0) is 16.0 Å². The Morgan fingerprint density at radius 1 is 1.15 bits per heavy atom. The number of allylic oxidation sites excluding steroid dienone is 2. The zero-order chi connectivity index (χ0) is 23.7. The molecule has 3 rings (SSSR count). The highest BCUT2D eigenvalue weighted by Crippen LogP contribution is 2.28. The number of ether oxygens (including phenoxy) is 2. The summed E-state index contributed by atoms with van der Waals surface area (Å²) in [4.78, 5) is 14.8. The second-order valence-corrected chi connectivity index (χ2v) is 10.3. The molecule has 1 fully saturated rings. The molecular formula is C27H43N3O3. The third kappa shape index (κ3) is 8.35. The lowest BCUT2D eigenvalue weighted by atomic mass is 9.93. The van der Waals surface area contributed by atoms with Gasteiger partial charge in [-0.05, 0) is 83.3 Å². The molecule has 1 aliphatic carbocycles. The lowest BCUT2D eigenvalue weighted by Gasteiger charge is -2.31. The monoisotopic (exact) mass is 457 g/mol. The highest BCUT2D eigenvalue weighted by atomic mass is 16.6. The van der Waals surface area contributed by atoms with Crippen LogP contribution < -0.4 is 5.43 Å². The van der Waals surface area contributed by atoms with E-state index in [9.17, 15) is 4.79 Å². The molecular weight excluding hydrogens is 414 g/mol. The average molecular weight is 458 g/mol. The van der Waals surface area contributed by atoms with E-state index in [0.717, 1.165) is 44.4 Å². The first-order valence-corrected chi connectivity index (χ1v) is 12.6. The summed E-state index contributed by atoms with van der Waals surface area (Å²) in [5, 5.41) is 2.38. The molecule has 0 spiro atoms. The molecule has 0 unspecified atom stereocenters. The topological polar surface area (TPSA) is 54.0 Å². The van der Waals surface area contributed by atoms with E-state index < -0.39 is 5.60 Å². The highest BCUT2D eigenvalue weighted by Gasteiger charge is 2.26. The number of benzene rings is 1. The van der Waals surface area contributed by atoms with Gasteiger partial charge in [0.25, 0.3) is 0 Å². The van der Waals surface area contributed by atoms with Gasteiger partial charge in [-0.2, -0.15) is 0 Å². The standard InChI is InChI=1S/C27H43N3O3/c1-27(2,3)33-26(31)29(20-22-12-6-5-7-13-22)18-10-15-23-14-8-9-17-25(23)28-30-19-11-16-24(30)21-32-4/h5-7,12-13,24,28H,8-11,14-21H2,1-4H3/t24-/m0/s1. The Balaban J connectivity index is 1.61. The van der Waals surface area contributed by atoms with Crippen molar-refractivity contribution in [3.63, 3.8) is 0 Å². The van der Waals surface area contributed by atoms with E-state index in [-0.39, 0.29) is 6.09 Å². The largest absolute Gasteiger partial charge is 0.444 e. The van der Waals surface area contributed by atoms with Crippen molar-refractivity contribution >= 4 is 6.09 Å². The fourth-order valence-electron chi connectivity index (χ4n) is 4.75. The number of hydrogen-bond donors (Lipinski definition) is 1. The molecule has 2 aliphatic rings. The molecule has 1 heterocycles. The van der Waals surface area contributed by atoms with Gasteiger partial charge in [0.2, 0.25) is 0 Å². The van der Waals surface area contributed by atoms with Gasteiger partial charge in [0.05, 0.1) is 12.6 Å². The van der Waals surface area contributed by atoms with Crippen molar-refractivity contribution in [1.82, 2.24) is 15.3 Å². The maximum absolute atomic E-state index is 12.9. The molecule has 184 valence electrons. The third-order valence-electron chi connectivity index (χ3n) is 6.37. The molecule has 1 atom stereocenters. The van der Waals surface area contributed by atoms with Crippen molar-refractivity contribution in [1.29, 1.82) is 0 Å². The molecule has 1 saturated heterocycles. The third-order valence-corrected chi connectivity index (χ3v) is 6.37. The number of nitrogens with one attached hydrogen (secondary N) is 1. The lowest BCUT2D eigenvalue weighted by Crippen LogP contribution is -2.43. The number of carbonyl (C=O) groups excluding carboxylic acids is 1. The van der Waals surface area contributed by atoms with E-state index in [1.807, 2.05) is 43.9 Å². The maximum atomic E-state index is 12.9. The molecule has 1 aliphatic heterocycles. The summed E-state index contributed by atoms with van der Waals surface area (Å²) in [5.41, 5.74) is 7.31.